The maximum Gasteiger partial charge on any atom is 0.253 e. The van der Waals surface area contributed by atoms with Gasteiger partial charge in [0.05, 0.1) is 4.47 Å². The highest BCUT2D eigenvalue weighted by atomic mass is 79.9. The predicted octanol–water partition coefficient (Wildman–Crippen LogP) is 2.56. The van der Waals surface area contributed by atoms with Crippen LogP contribution in [-0.4, -0.2) is 52.6 Å². The first-order chi connectivity index (χ1) is 13.9. The van der Waals surface area contributed by atoms with Gasteiger partial charge in [0.25, 0.3) is 5.91 Å². The second-order valence-electron chi connectivity index (χ2n) is 6.37. The summed E-state index contributed by atoms with van der Waals surface area (Å²) >= 11 is 3.06. The molecule has 29 heavy (non-hydrogen) atoms. The third kappa shape index (κ3) is 4.94. The minimum atomic E-state index is -1.05. The lowest BCUT2D eigenvalue weighted by molar-refractivity contribution is -0.135. The standard InChI is InChI=1S/C17H17BrF2N6O3/c18-11-7-10(1-2-12(11)20)22-15(21)14-16(25-29-24-14)23-17(28)9-3-5-26(6-4-9)13(27)8-19/h1-2,7,9H,3-6,8H2,(H2,21,22)(H,23,25,28). The molecule has 0 spiro atoms. The Kier molecular flexibility index (Phi) is 6.52. The van der Waals surface area contributed by atoms with Gasteiger partial charge in [-0.25, -0.2) is 13.4 Å². The smallest absolute Gasteiger partial charge is 0.253 e. The fourth-order valence-electron chi connectivity index (χ4n) is 2.91. The first-order valence-corrected chi connectivity index (χ1v) is 9.46. The summed E-state index contributed by atoms with van der Waals surface area (Å²) < 4.78 is 30.6. The first kappa shape index (κ1) is 20.8. The summed E-state index contributed by atoms with van der Waals surface area (Å²) in [6, 6.07) is 4.11. The van der Waals surface area contributed by atoms with Crippen LogP contribution in [0.5, 0.6) is 0 Å². The molecule has 1 aliphatic rings. The van der Waals surface area contributed by atoms with Gasteiger partial charge in [0, 0.05) is 24.7 Å². The predicted molar refractivity (Wildman–Crippen MR) is 103 cm³/mol. The van der Waals surface area contributed by atoms with Crippen molar-refractivity contribution in [1.82, 2.24) is 15.2 Å². The molecular weight excluding hydrogens is 454 g/mol. The zero-order valence-electron chi connectivity index (χ0n) is 15.0. The van der Waals surface area contributed by atoms with Crippen LogP contribution in [-0.2, 0) is 9.59 Å². The van der Waals surface area contributed by atoms with E-state index in [1.807, 2.05) is 0 Å². The van der Waals surface area contributed by atoms with Crippen molar-refractivity contribution in [3.05, 3.63) is 34.2 Å². The number of alkyl halides is 1. The number of halogens is 3. The van der Waals surface area contributed by atoms with Crippen LogP contribution in [0.4, 0.5) is 20.3 Å². The van der Waals surface area contributed by atoms with E-state index in [9.17, 15) is 18.4 Å². The molecule has 0 bridgehead atoms. The molecule has 0 aliphatic carbocycles. The number of aromatic nitrogens is 2. The van der Waals surface area contributed by atoms with Crippen LogP contribution in [0.2, 0.25) is 0 Å². The zero-order chi connectivity index (χ0) is 21.0. The van der Waals surface area contributed by atoms with Crippen LogP contribution in [0.15, 0.2) is 27.3 Å². The van der Waals surface area contributed by atoms with Crippen molar-refractivity contribution >= 4 is 45.1 Å². The van der Waals surface area contributed by atoms with E-state index in [2.05, 4.69) is 41.5 Å². The van der Waals surface area contributed by atoms with E-state index >= 15 is 0 Å². The first-order valence-electron chi connectivity index (χ1n) is 8.67. The van der Waals surface area contributed by atoms with Crippen molar-refractivity contribution in [2.75, 3.05) is 30.4 Å². The number of nitrogens with zero attached hydrogens (tertiary/aromatic N) is 3. The average molecular weight is 471 g/mol. The maximum absolute atomic E-state index is 13.3. The van der Waals surface area contributed by atoms with Gasteiger partial charge in [-0.3, -0.25) is 15.0 Å². The molecule has 0 atom stereocenters. The lowest BCUT2D eigenvalue weighted by atomic mass is 9.96. The summed E-state index contributed by atoms with van der Waals surface area (Å²) in [4.78, 5) is 25.2. The van der Waals surface area contributed by atoms with Crippen molar-refractivity contribution in [3.63, 3.8) is 0 Å². The van der Waals surface area contributed by atoms with Gasteiger partial charge >= 0.3 is 0 Å². The molecule has 2 heterocycles. The van der Waals surface area contributed by atoms with Gasteiger partial charge in [-0.2, -0.15) is 0 Å². The van der Waals surface area contributed by atoms with Crippen LogP contribution in [0.1, 0.15) is 18.5 Å². The van der Waals surface area contributed by atoms with Crippen molar-refractivity contribution < 1.29 is 23.0 Å². The Balaban J connectivity index is 1.61. The number of hydrogen-bond donors (Lipinski definition) is 3. The molecule has 3 rings (SSSR count). The molecule has 1 aromatic heterocycles. The fraction of sp³-hybridized carbons (Fsp3) is 0.353. The zero-order valence-corrected chi connectivity index (χ0v) is 16.6. The number of carbonyl (C=O) groups excluding carboxylic acids is 2. The number of likely N-dealkylation sites (tertiary alicyclic amines) is 1. The van der Waals surface area contributed by atoms with Crippen LogP contribution < -0.4 is 10.6 Å². The summed E-state index contributed by atoms with van der Waals surface area (Å²) in [6.45, 7) is -0.465. The van der Waals surface area contributed by atoms with E-state index in [1.165, 1.54) is 23.1 Å². The van der Waals surface area contributed by atoms with E-state index in [0.29, 0.717) is 31.6 Å². The van der Waals surface area contributed by atoms with Gasteiger partial charge in [-0.1, -0.05) is 0 Å². The third-order valence-corrected chi connectivity index (χ3v) is 5.10. The Morgan fingerprint density at radius 2 is 2.00 bits per heavy atom. The molecule has 1 fully saturated rings. The summed E-state index contributed by atoms with van der Waals surface area (Å²) in [5, 5.41) is 20.7. The number of nitrogens with one attached hydrogen (secondary N) is 3. The van der Waals surface area contributed by atoms with Gasteiger partial charge in [-0.15, -0.1) is 0 Å². The Bertz CT molecular complexity index is 930. The van der Waals surface area contributed by atoms with Crippen LogP contribution in [0.3, 0.4) is 0 Å². The fourth-order valence-corrected chi connectivity index (χ4v) is 3.29. The molecule has 0 unspecified atom stereocenters. The molecule has 0 saturated carbocycles. The average Bonchev–Trinajstić information content (AvgIpc) is 3.18. The van der Waals surface area contributed by atoms with E-state index in [4.69, 9.17) is 5.41 Å². The van der Waals surface area contributed by atoms with E-state index in [1.54, 1.807) is 0 Å². The van der Waals surface area contributed by atoms with Crippen LogP contribution in [0, 0.1) is 17.1 Å². The van der Waals surface area contributed by atoms with Crippen molar-refractivity contribution in [2.24, 2.45) is 5.92 Å². The highest BCUT2D eigenvalue weighted by Gasteiger charge is 2.29. The van der Waals surface area contributed by atoms with Gasteiger partial charge in [0.1, 0.15) is 5.82 Å². The summed E-state index contributed by atoms with van der Waals surface area (Å²) in [5.41, 5.74) is 0.400. The van der Waals surface area contributed by atoms with Crippen LogP contribution in [0.25, 0.3) is 0 Å². The Morgan fingerprint density at radius 3 is 2.66 bits per heavy atom. The molecule has 0 radical (unpaired) electrons. The normalized spacial score (nSPS) is 14.5. The lowest BCUT2D eigenvalue weighted by Gasteiger charge is -2.30. The number of carbonyl (C=O) groups is 2. The topological polar surface area (TPSA) is 124 Å². The largest absolute Gasteiger partial charge is 0.340 e. The monoisotopic (exact) mass is 470 g/mol. The molecular formula is C17H17BrF2N6O3. The van der Waals surface area contributed by atoms with Gasteiger partial charge in [-0.05, 0) is 57.3 Å². The van der Waals surface area contributed by atoms with Gasteiger partial charge < -0.3 is 15.5 Å². The molecule has 3 N–H and O–H groups in total. The van der Waals surface area contributed by atoms with E-state index in [-0.39, 0.29) is 27.7 Å². The SMILES string of the molecule is N=C(Nc1ccc(F)c(Br)c1)c1nonc1NC(=O)C1CCN(C(=O)CF)CC1. The van der Waals surface area contributed by atoms with Crippen molar-refractivity contribution in [2.45, 2.75) is 12.8 Å². The Labute approximate surface area is 172 Å². The van der Waals surface area contributed by atoms with Gasteiger partial charge in [0.2, 0.25) is 11.7 Å². The minimum absolute atomic E-state index is 0.0242. The quantitative estimate of drug-likeness (QED) is 0.455. The third-order valence-electron chi connectivity index (χ3n) is 4.49. The number of piperidine rings is 1. The number of benzene rings is 1. The summed E-state index contributed by atoms with van der Waals surface area (Å²) in [5.74, 6) is -2.01. The Morgan fingerprint density at radius 1 is 1.28 bits per heavy atom. The molecule has 1 aromatic carbocycles. The molecule has 2 aromatic rings. The number of amidine groups is 1. The van der Waals surface area contributed by atoms with Gasteiger partial charge in [0.15, 0.2) is 18.2 Å². The maximum atomic E-state index is 13.3. The highest BCUT2D eigenvalue weighted by molar-refractivity contribution is 9.10. The summed E-state index contributed by atoms with van der Waals surface area (Å²) in [6.07, 6.45) is 0.773. The highest BCUT2D eigenvalue weighted by Crippen LogP contribution is 2.22. The number of anilines is 2. The second-order valence-corrected chi connectivity index (χ2v) is 7.22. The lowest BCUT2D eigenvalue weighted by Crippen LogP contribution is -2.42. The molecule has 12 heteroatoms. The summed E-state index contributed by atoms with van der Waals surface area (Å²) in [7, 11) is 0. The molecule has 1 saturated heterocycles. The molecule has 154 valence electrons. The molecule has 2 amide bonds. The van der Waals surface area contributed by atoms with Crippen LogP contribution >= 0.6 is 15.9 Å². The van der Waals surface area contributed by atoms with E-state index < -0.39 is 24.3 Å². The number of hydrogen-bond acceptors (Lipinski definition) is 6. The van der Waals surface area contributed by atoms with Crippen molar-refractivity contribution in [3.8, 4) is 0 Å². The van der Waals surface area contributed by atoms with E-state index in [0.717, 1.165) is 0 Å². The number of rotatable bonds is 5. The Hall–Kier alpha value is -2.89. The molecule has 1 aliphatic heterocycles. The second kappa shape index (κ2) is 9.07. The molecule has 9 nitrogen and oxygen atoms in total. The number of amides is 2. The minimum Gasteiger partial charge on any atom is -0.340 e. The van der Waals surface area contributed by atoms with Crippen molar-refractivity contribution in [1.29, 1.82) is 5.41 Å².